The van der Waals surface area contributed by atoms with E-state index in [-0.39, 0.29) is 17.5 Å². The predicted octanol–water partition coefficient (Wildman–Crippen LogP) is 5.32. The third-order valence-corrected chi connectivity index (χ3v) is 7.78. The zero-order chi connectivity index (χ0) is 21.4. The van der Waals surface area contributed by atoms with Crippen molar-refractivity contribution in [2.24, 2.45) is 5.92 Å². The van der Waals surface area contributed by atoms with Gasteiger partial charge >= 0.3 is 0 Å². The van der Waals surface area contributed by atoms with Gasteiger partial charge < -0.3 is 4.74 Å². The molecule has 1 spiro atoms. The number of ether oxygens (including phenoxy) is 1. The number of anilines is 1. The van der Waals surface area contributed by atoms with Crippen LogP contribution < -0.4 is 9.64 Å². The minimum absolute atomic E-state index is 0.0133. The highest BCUT2D eigenvalue weighted by Crippen LogP contribution is 2.53. The maximum Gasteiger partial charge on any atom is 0.231 e. The number of hydrogen-bond acceptors (Lipinski definition) is 4. The fourth-order valence-electron chi connectivity index (χ4n) is 6.35. The van der Waals surface area contributed by atoms with Crippen molar-refractivity contribution in [2.45, 2.75) is 89.1 Å². The van der Waals surface area contributed by atoms with Crippen LogP contribution in [0, 0.1) is 5.92 Å². The highest BCUT2D eigenvalue weighted by Gasteiger charge is 2.54. The quantitative estimate of drug-likeness (QED) is 0.669. The molecule has 0 radical (unpaired) electrons. The Bertz CT molecular complexity index is 929. The van der Waals surface area contributed by atoms with Crippen molar-refractivity contribution in [1.29, 1.82) is 0 Å². The molecule has 6 heteroatoms. The number of amides is 1. The van der Waals surface area contributed by atoms with Gasteiger partial charge in [-0.15, -0.1) is 5.10 Å². The zero-order valence-corrected chi connectivity index (χ0v) is 18.8. The fourth-order valence-corrected chi connectivity index (χ4v) is 6.35. The molecule has 2 heterocycles. The number of fused-ring (bicyclic) bond motifs is 4. The predicted molar refractivity (Wildman–Crippen MR) is 121 cm³/mol. The Kier molecular flexibility index (Phi) is 5.49. The standard InChI is InChI=1S/C25H34N4O2/c1-3-9-22(30)28-21-11-6-5-10-20(21)25(16-7-4-8-17-25)29-24(28)26-23(27-29)18-12-14-19(31-2)15-13-18/h12-15,20-21H,3-11,16-17H2,1-2H3/t20-,21+/m1/s1. The van der Waals surface area contributed by atoms with Crippen molar-refractivity contribution >= 4 is 11.9 Å². The van der Waals surface area contributed by atoms with Crippen LogP contribution in [0.4, 0.5) is 5.95 Å². The van der Waals surface area contributed by atoms with Gasteiger partial charge in [0.05, 0.1) is 12.6 Å². The van der Waals surface area contributed by atoms with E-state index < -0.39 is 0 Å². The van der Waals surface area contributed by atoms with Crippen molar-refractivity contribution in [1.82, 2.24) is 14.8 Å². The minimum Gasteiger partial charge on any atom is -0.497 e. The lowest BCUT2D eigenvalue weighted by Crippen LogP contribution is -2.61. The van der Waals surface area contributed by atoms with Gasteiger partial charge in [-0.25, -0.2) is 4.68 Å². The van der Waals surface area contributed by atoms with E-state index >= 15 is 0 Å². The van der Waals surface area contributed by atoms with E-state index in [9.17, 15) is 4.79 Å². The molecule has 1 aromatic carbocycles. The molecule has 0 unspecified atom stereocenters. The number of carbonyl (C=O) groups is 1. The van der Waals surface area contributed by atoms with Crippen molar-refractivity contribution in [2.75, 3.05) is 12.0 Å². The van der Waals surface area contributed by atoms with Crippen LogP contribution >= 0.6 is 0 Å². The van der Waals surface area contributed by atoms with Gasteiger partial charge in [0.2, 0.25) is 11.9 Å². The number of carbonyl (C=O) groups excluding carboxylic acids is 1. The van der Waals surface area contributed by atoms with E-state index in [0.29, 0.717) is 12.3 Å². The first-order chi connectivity index (χ1) is 15.2. The Morgan fingerprint density at radius 1 is 1.10 bits per heavy atom. The molecule has 0 N–H and O–H groups in total. The third-order valence-electron chi connectivity index (χ3n) is 7.78. The topological polar surface area (TPSA) is 60.3 Å². The number of methoxy groups -OCH3 is 1. The van der Waals surface area contributed by atoms with Crippen molar-refractivity contribution in [3.63, 3.8) is 0 Å². The third kappa shape index (κ3) is 3.35. The van der Waals surface area contributed by atoms with Crippen molar-refractivity contribution < 1.29 is 9.53 Å². The first-order valence-corrected chi connectivity index (χ1v) is 12.1. The summed E-state index contributed by atoms with van der Waals surface area (Å²) in [5.74, 6) is 3.02. The van der Waals surface area contributed by atoms with Crippen LogP contribution in [0.1, 0.15) is 77.6 Å². The lowest BCUT2D eigenvalue weighted by atomic mass is 9.64. The van der Waals surface area contributed by atoms with Crippen molar-refractivity contribution in [3.05, 3.63) is 24.3 Å². The van der Waals surface area contributed by atoms with Crippen molar-refractivity contribution in [3.8, 4) is 17.1 Å². The van der Waals surface area contributed by atoms with Gasteiger partial charge in [0.1, 0.15) is 5.75 Å². The molecule has 166 valence electrons. The van der Waals surface area contributed by atoms with E-state index in [1.807, 2.05) is 29.2 Å². The molecule has 31 heavy (non-hydrogen) atoms. The number of nitrogens with zero attached hydrogens (tertiary/aromatic N) is 4. The van der Waals surface area contributed by atoms with E-state index in [1.54, 1.807) is 7.11 Å². The molecule has 1 aliphatic heterocycles. The summed E-state index contributed by atoms with van der Waals surface area (Å²) in [6.45, 7) is 2.08. The second-order valence-electron chi connectivity index (χ2n) is 9.51. The van der Waals surface area contributed by atoms with Gasteiger partial charge in [0.25, 0.3) is 0 Å². The molecule has 2 aromatic rings. The van der Waals surface area contributed by atoms with E-state index in [0.717, 1.165) is 48.8 Å². The zero-order valence-electron chi connectivity index (χ0n) is 18.8. The van der Waals surface area contributed by atoms with E-state index in [2.05, 4.69) is 11.6 Å². The number of benzene rings is 1. The Morgan fingerprint density at radius 2 is 1.84 bits per heavy atom. The molecular weight excluding hydrogens is 388 g/mol. The molecule has 6 nitrogen and oxygen atoms in total. The van der Waals surface area contributed by atoms with Crippen LogP contribution in [-0.4, -0.2) is 33.8 Å². The van der Waals surface area contributed by atoms with Crippen LogP contribution in [0.5, 0.6) is 5.75 Å². The summed E-state index contributed by atoms with van der Waals surface area (Å²) >= 11 is 0. The van der Waals surface area contributed by atoms with Crippen LogP contribution in [0.25, 0.3) is 11.4 Å². The van der Waals surface area contributed by atoms with Crippen LogP contribution in [0.2, 0.25) is 0 Å². The summed E-state index contributed by atoms with van der Waals surface area (Å²) in [7, 11) is 1.67. The molecule has 2 aliphatic carbocycles. The number of aromatic nitrogens is 3. The normalized spacial score (nSPS) is 24.5. The largest absolute Gasteiger partial charge is 0.497 e. The van der Waals surface area contributed by atoms with E-state index in [4.69, 9.17) is 14.8 Å². The summed E-state index contributed by atoms with van der Waals surface area (Å²) in [4.78, 5) is 20.4. The van der Waals surface area contributed by atoms with Crippen LogP contribution in [0.3, 0.4) is 0 Å². The summed E-state index contributed by atoms with van der Waals surface area (Å²) in [5.41, 5.74) is 0.985. The minimum atomic E-state index is 0.0133. The fraction of sp³-hybridized carbons (Fsp3) is 0.640. The Morgan fingerprint density at radius 3 is 2.55 bits per heavy atom. The smallest absolute Gasteiger partial charge is 0.231 e. The first kappa shape index (κ1) is 20.5. The number of hydrogen-bond donors (Lipinski definition) is 0. The maximum absolute atomic E-state index is 13.3. The average Bonchev–Trinajstić information content (AvgIpc) is 3.26. The summed E-state index contributed by atoms with van der Waals surface area (Å²) < 4.78 is 7.52. The van der Waals surface area contributed by atoms with Crippen LogP contribution in [0.15, 0.2) is 24.3 Å². The highest BCUT2D eigenvalue weighted by atomic mass is 16.5. The Labute approximate surface area is 185 Å². The van der Waals surface area contributed by atoms with Gasteiger partial charge in [-0.2, -0.15) is 4.98 Å². The van der Waals surface area contributed by atoms with Gasteiger partial charge in [-0.1, -0.05) is 39.0 Å². The molecular formula is C25H34N4O2. The average molecular weight is 423 g/mol. The second kappa shape index (κ2) is 8.29. The van der Waals surface area contributed by atoms with Gasteiger partial charge in [0, 0.05) is 23.9 Å². The molecule has 2 fully saturated rings. The summed E-state index contributed by atoms with van der Waals surface area (Å²) in [6, 6.07) is 8.20. The van der Waals surface area contributed by atoms with Gasteiger partial charge in [0.15, 0.2) is 5.82 Å². The second-order valence-corrected chi connectivity index (χ2v) is 9.51. The first-order valence-electron chi connectivity index (χ1n) is 12.1. The molecule has 1 amide bonds. The molecule has 2 atom stereocenters. The molecule has 0 bridgehead atoms. The molecule has 3 aliphatic rings. The lowest BCUT2D eigenvalue weighted by Gasteiger charge is -2.55. The van der Waals surface area contributed by atoms with Crippen LogP contribution in [-0.2, 0) is 10.3 Å². The van der Waals surface area contributed by atoms with E-state index in [1.165, 1.54) is 38.5 Å². The SMILES string of the molecule is CCCC(=O)N1c2nc(-c3ccc(OC)cc3)nn2C2(CCCCC2)[C@@H]2CCCC[C@@H]21. The Hall–Kier alpha value is -2.37. The molecule has 0 saturated heterocycles. The number of rotatable bonds is 4. The Balaban J connectivity index is 1.65. The summed E-state index contributed by atoms with van der Waals surface area (Å²) in [5, 5.41) is 5.11. The molecule has 5 rings (SSSR count). The van der Waals surface area contributed by atoms with Gasteiger partial charge in [-0.05, 0) is 56.4 Å². The highest BCUT2D eigenvalue weighted by molar-refractivity contribution is 5.93. The lowest BCUT2D eigenvalue weighted by molar-refractivity contribution is -0.121. The monoisotopic (exact) mass is 422 g/mol. The van der Waals surface area contributed by atoms with Gasteiger partial charge in [-0.3, -0.25) is 9.69 Å². The molecule has 1 aromatic heterocycles. The molecule has 2 saturated carbocycles. The summed E-state index contributed by atoms with van der Waals surface area (Å²) in [6.07, 6.45) is 12.3. The maximum atomic E-state index is 13.3.